The normalized spacial score (nSPS) is 10.6. The number of carbonyl (C=O) groups excluding carboxylic acids is 1. The molecular formula is C22H19N5O4. The molecule has 2 heterocycles. The third-order valence-electron chi connectivity index (χ3n) is 4.54. The molecule has 0 saturated carbocycles. The van der Waals surface area contributed by atoms with Crippen LogP contribution in [0.5, 0.6) is 5.75 Å². The van der Waals surface area contributed by atoms with Gasteiger partial charge < -0.3 is 20.0 Å². The van der Waals surface area contributed by atoms with Gasteiger partial charge in [0.25, 0.3) is 11.5 Å². The van der Waals surface area contributed by atoms with E-state index in [4.69, 9.17) is 4.74 Å². The van der Waals surface area contributed by atoms with Crippen LogP contribution in [0.2, 0.25) is 0 Å². The molecule has 0 bridgehead atoms. The number of nitrogens with zero attached hydrogens (tertiary/aromatic N) is 1. The number of H-pyrrole nitrogens is 3. The van der Waals surface area contributed by atoms with Crippen molar-refractivity contribution in [1.82, 2.24) is 19.9 Å². The average Bonchev–Trinajstić information content (AvgIpc) is 3.29. The molecule has 4 aromatic rings. The van der Waals surface area contributed by atoms with Crippen LogP contribution in [0.3, 0.4) is 0 Å². The highest BCUT2D eigenvalue weighted by atomic mass is 16.5. The van der Waals surface area contributed by atoms with E-state index in [9.17, 15) is 14.4 Å². The summed E-state index contributed by atoms with van der Waals surface area (Å²) in [6.07, 6.45) is 4.04. The number of hydrogen-bond donors (Lipinski definition) is 4. The number of rotatable bonds is 7. The molecule has 0 fully saturated rings. The summed E-state index contributed by atoms with van der Waals surface area (Å²) in [4.78, 5) is 46.3. The van der Waals surface area contributed by atoms with Crippen molar-refractivity contribution in [3.8, 4) is 17.0 Å². The van der Waals surface area contributed by atoms with Crippen LogP contribution in [0.25, 0.3) is 11.3 Å². The number of imidazole rings is 1. The lowest BCUT2D eigenvalue weighted by Gasteiger charge is -2.11. The number of para-hydroxylation sites is 1. The first-order valence-corrected chi connectivity index (χ1v) is 9.53. The predicted molar refractivity (Wildman–Crippen MR) is 115 cm³/mol. The highest BCUT2D eigenvalue weighted by molar-refractivity contribution is 6.02. The van der Waals surface area contributed by atoms with Gasteiger partial charge in [-0.3, -0.25) is 14.6 Å². The second-order valence-corrected chi connectivity index (χ2v) is 6.71. The first-order chi connectivity index (χ1) is 15.1. The fraction of sp³-hybridized carbons (Fsp3) is 0.0909. The predicted octanol–water partition coefficient (Wildman–Crippen LogP) is 2.33. The SMILES string of the molecule is O=C(Nc1ccc(CCOc2ccccc2-c2cnc[nH]2)cc1)c1cc(=O)[nH]c(=O)[nH]1. The van der Waals surface area contributed by atoms with E-state index in [-0.39, 0.29) is 5.69 Å². The number of ether oxygens (including phenoxy) is 1. The Kier molecular flexibility index (Phi) is 5.75. The first-order valence-electron chi connectivity index (χ1n) is 9.53. The number of hydrogen-bond acceptors (Lipinski definition) is 5. The van der Waals surface area contributed by atoms with Crippen LogP contribution in [0.15, 0.2) is 76.7 Å². The number of aromatic amines is 3. The van der Waals surface area contributed by atoms with E-state index in [1.165, 1.54) is 0 Å². The van der Waals surface area contributed by atoms with E-state index in [0.717, 1.165) is 28.6 Å². The van der Waals surface area contributed by atoms with E-state index in [2.05, 4.69) is 20.3 Å². The molecule has 9 nitrogen and oxygen atoms in total. The molecule has 4 N–H and O–H groups in total. The lowest BCUT2D eigenvalue weighted by Crippen LogP contribution is -2.27. The summed E-state index contributed by atoms with van der Waals surface area (Å²) in [5.74, 6) is 0.192. The van der Waals surface area contributed by atoms with Gasteiger partial charge in [-0.25, -0.2) is 9.78 Å². The van der Waals surface area contributed by atoms with Gasteiger partial charge in [0, 0.05) is 23.7 Å². The summed E-state index contributed by atoms with van der Waals surface area (Å²) in [6.45, 7) is 0.477. The molecule has 31 heavy (non-hydrogen) atoms. The minimum atomic E-state index is -0.734. The molecule has 0 aliphatic heterocycles. The summed E-state index contributed by atoms with van der Waals surface area (Å²) < 4.78 is 5.96. The molecule has 0 aliphatic rings. The van der Waals surface area contributed by atoms with Crippen molar-refractivity contribution in [2.24, 2.45) is 0 Å². The minimum absolute atomic E-state index is 0.109. The lowest BCUT2D eigenvalue weighted by molar-refractivity contribution is 0.102. The van der Waals surface area contributed by atoms with Crippen molar-refractivity contribution < 1.29 is 9.53 Å². The van der Waals surface area contributed by atoms with Crippen LogP contribution in [-0.4, -0.2) is 32.4 Å². The standard InChI is InChI=1S/C22H19N5O4/c28-20-11-17(26-22(30)27-20)21(29)25-15-7-5-14(6-8-15)9-10-31-19-4-2-1-3-16(19)18-12-23-13-24-18/h1-8,11-13H,9-10H2,(H,23,24)(H,25,29)(H2,26,27,28,30). The van der Waals surface area contributed by atoms with Crippen LogP contribution in [0.4, 0.5) is 5.69 Å². The Labute approximate surface area is 176 Å². The van der Waals surface area contributed by atoms with E-state index >= 15 is 0 Å². The highest BCUT2D eigenvalue weighted by Gasteiger charge is 2.09. The molecule has 156 valence electrons. The van der Waals surface area contributed by atoms with Crippen molar-refractivity contribution in [3.05, 3.63) is 99.2 Å². The summed E-state index contributed by atoms with van der Waals surface area (Å²) in [5.41, 5.74) is 1.91. The molecule has 9 heteroatoms. The van der Waals surface area contributed by atoms with Gasteiger partial charge in [-0.2, -0.15) is 0 Å². The van der Waals surface area contributed by atoms with Gasteiger partial charge >= 0.3 is 5.69 Å². The molecule has 0 unspecified atom stereocenters. The Balaban J connectivity index is 1.35. The van der Waals surface area contributed by atoms with Gasteiger partial charge in [-0.15, -0.1) is 0 Å². The lowest BCUT2D eigenvalue weighted by atomic mass is 10.1. The Morgan fingerprint density at radius 1 is 1.03 bits per heavy atom. The number of carbonyl (C=O) groups is 1. The van der Waals surface area contributed by atoms with E-state index in [0.29, 0.717) is 18.7 Å². The Hall–Kier alpha value is -4.40. The zero-order valence-electron chi connectivity index (χ0n) is 16.3. The largest absolute Gasteiger partial charge is 0.493 e. The van der Waals surface area contributed by atoms with Crippen LogP contribution >= 0.6 is 0 Å². The maximum atomic E-state index is 12.2. The van der Waals surface area contributed by atoms with Crippen molar-refractivity contribution in [2.45, 2.75) is 6.42 Å². The maximum Gasteiger partial charge on any atom is 0.326 e. The third-order valence-corrected chi connectivity index (χ3v) is 4.54. The molecule has 2 aromatic heterocycles. The molecule has 0 atom stereocenters. The van der Waals surface area contributed by atoms with Crippen molar-refractivity contribution >= 4 is 11.6 Å². The fourth-order valence-electron chi connectivity index (χ4n) is 3.04. The monoisotopic (exact) mass is 417 g/mol. The molecule has 2 aromatic carbocycles. The van der Waals surface area contributed by atoms with Crippen LogP contribution in [-0.2, 0) is 6.42 Å². The average molecular weight is 417 g/mol. The van der Waals surface area contributed by atoms with E-state index in [1.807, 2.05) is 41.4 Å². The zero-order valence-corrected chi connectivity index (χ0v) is 16.3. The second-order valence-electron chi connectivity index (χ2n) is 6.71. The Morgan fingerprint density at radius 3 is 2.58 bits per heavy atom. The number of benzene rings is 2. The molecule has 0 saturated heterocycles. The van der Waals surface area contributed by atoms with Crippen LogP contribution in [0, 0.1) is 0 Å². The Bertz CT molecular complexity index is 1260. The number of anilines is 1. The van der Waals surface area contributed by atoms with Gasteiger partial charge in [-0.1, -0.05) is 24.3 Å². The number of nitrogens with one attached hydrogen (secondary N) is 4. The van der Waals surface area contributed by atoms with Gasteiger partial charge in [0.1, 0.15) is 11.4 Å². The molecule has 1 amide bonds. The summed E-state index contributed by atoms with van der Waals surface area (Å²) >= 11 is 0. The van der Waals surface area contributed by atoms with Gasteiger partial charge in [0.05, 0.1) is 24.8 Å². The zero-order chi connectivity index (χ0) is 21.6. The quantitative estimate of drug-likeness (QED) is 0.366. The number of amides is 1. The molecule has 4 rings (SSSR count). The minimum Gasteiger partial charge on any atom is -0.493 e. The van der Waals surface area contributed by atoms with Crippen LogP contribution < -0.4 is 21.3 Å². The second kappa shape index (κ2) is 8.95. The third kappa shape index (κ3) is 4.96. The fourth-order valence-corrected chi connectivity index (χ4v) is 3.04. The molecule has 0 spiro atoms. The van der Waals surface area contributed by atoms with Gasteiger partial charge in [-0.05, 0) is 29.8 Å². The molecular weight excluding hydrogens is 398 g/mol. The molecule has 0 aliphatic carbocycles. The van der Waals surface area contributed by atoms with E-state index in [1.54, 1.807) is 24.7 Å². The Morgan fingerprint density at radius 2 is 1.84 bits per heavy atom. The summed E-state index contributed by atoms with van der Waals surface area (Å²) in [6, 6.07) is 16.0. The number of aromatic nitrogens is 4. The topological polar surface area (TPSA) is 133 Å². The smallest absolute Gasteiger partial charge is 0.326 e. The highest BCUT2D eigenvalue weighted by Crippen LogP contribution is 2.28. The van der Waals surface area contributed by atoms with Crippen LogP contribution in [0.1, 0.15) is 16.1 Å². The van der Waals surface area contributed by atoms with E-state index < -0.39 is 17.2 Å². The summed E-state index contributed by atoms with van der Waals surface area (Å²) in [7, 11) is 0. The molecule has 0 radical (unpaired) electrons. The maximum absolute atomic E-state index is 12.2. The summed E-state index contributed by atoms with van der Waals surface area (Å²) in [5, 5.41) is 2.64. The van der Waals surface area contributed by atoms with Crippen molar-refractivity contribution in [2.75, 3.05) is 11.9 Å². The van der Waals surface area contributed by atoms with Gasteiger partial charge in [0.15, 0.2) is 0 Å². The van der Waals surface area contributed by atoms with Gasteiger partial charge in [0.2, 0.25) is 0 Å². The first kappa shape index (κ1) is 19.9. The van der Waals surface area contributed by atoms with Crippen molar-refractivity contribution in [3.63, 3.8) is 0 Å². The van der Waals surface area contributed by atoms with Crippen molar-refractivity contribution in [1.29, 1.82) is 0 Å².